The fourth-order valence-electron chi connectivity index (χ4n) is 1.71. The van der Waals surface area contributed by atoms with Crippen molar-refractivity contribution < 1.29 is 0 Å². The van der Waals surface area contributed by atoms with Crippen molar-refractivity contribution in [2.45, 2.75) is 26.9 Å². The lowest BCUT2D eigenvalue weighted by Crippen LogP contribution is -2.25. The summed E-state index contributed by atoms with van der Waals surface area (Å²) in [4.78, 5) is 19.9. The minimum absolute atomic E-state index is 0.125. The van der Waals surface area contributed by atoms with Crippen LogP contribution in [0.3, 0.4) is 0 Å². The second-order valence-electron chi connectivity index (χ2n) is 3.78. The predicted octanol–water partition coefficient (Wildman–Crippen LogP) is 1.41. The van der Waals surface area contributed by atoms with Gasteiger partial charge in [-0.2, -0.15) is 0 Å². The SMILES string of the molecule is Cc1nccn1CCn1c(C)nc(Cl)cc1=O. The Morgan fingerprint density at radius 2 is 2.06 bits per heavy atom. The zero-order valence-corrected chi connectivity index (χ0v) is 10.5. The van der Waals surface area contributed by atoms with Gasteiger partial charge in [0.25, 0.3) is 5.56 Å². The maximum Gasteiger partial charge on any atom is 0.255 e. The van der Waals surface area contributed by atoms with Gasteiger partial charge >= 0.3 is 0 Å². The van der Waals surface area contributed by atoms with E-state index >= 15 is 0 Å². The highest BCUT2D eigenvalue weighted by Gasteiger charge is 2.04. The third-order valence-electron chi connectivity index (χ3n) is 2.66. The molecular weight excluding hydrogens is 240 g/mol. The van der Waals surface area contributed by atoms with Crippen molar-refractivity contribution in [3.05, 3.63) is 45.6 Å². The van der Waals surface area contributed by atoms with Crippen LogP contribution in [0.4, 0.5) is 0 Å². The second kappa shape index (κ2) is 4.71. The van der Waals surface area contributed by atoms with Gasteiger partial charge in [-0.15, -0.1) is 0 Å². The maximum atomic E-state index is 11.7. The molecule has 0 aliphatic carbocycles. The second-order valence-corrected chi connectivity index (χ2v) is 4.17. The molecule has 0 unspecified atom stereocenters. The summed E-state index contributed by atoms with van der Waals surface area (Å²) in [5.74, 6) is 1.55. The predicted molar refractivity (Wildman–Crippen MR) is 65.2 cm³/mol. The van der Waals surface area contributed by atoms with Gasteiger partial charge in [0.2, 0.25) is 0 Å². The highest BCUT2D eigenvalue weighted by Crippen LogP contribution is 2.02. The number of hydrogen-bond acceptors (Lipinski definition) is 3. The summed E-state index contributed by atoms with van der Waals surface area (Å²) in [6.07, 6.45) is 3.63. The van der Waals surface area contributed by atoms with Crippen molar-refractivity contribution in [3.63, 3.8) is 0 Å². The van der Waals surface area contributed by atoms with Crippen LogP contribution in [0.15, 0.2) is 23.3 Å². The summed E-state index contributed by atoms with van der Waals surface area (Å²) >= 11 is 5.71. The van der Waals surface area contributed by atoms with E-state index in [2.05, 4.69) is 9.97 Å². The third-order valence-corrected chi connectivity index (χ3v) is 2.85. The molecular formula is C11H13ClN4O. The number of aryl methyl sites for hydroxylation is 3. The monoisotopic (exact) mass is 252 g/mol. The van der Waals surface area contributed by atoms with Gasteiger partial charge in [-0.3, -0.25) is 9.36 Å². The molecule has 0 aliphatic rings. The molecule has 2 aromatic rings. The molecule has 17 heavy (non-hydrogen) atoms. The van der Waals surface area contributed by atoms with E-state index in [1.807, 2.05) is 17.7 Å². The molecule has 0 bridgehead atoms. The van der Waals surface area contributed by atoms with Gasteiger partial charge in [0, 0.05) is 31.5 Å². The number of rotatable bonds is 3. The minimum atomic E-state index is -0.125. The van der Waals surface area contributed by atoms with Gasteiger partial charge in [0.15, 0.2) is 0 Å². The van der Waals surface area contributed by atoms with Crippen LogP contribution in [0.25, 0.3) is 0 Å². The fourth-order valence-corrected chi connectivity index (χ4v) is 1.92. The summed E-state index contributed by atoms with van der Waals surface area (Å²) in [6, 6.07) is 1.33. The molecule has 0 atom stereocenters. The van der Waals surface area contributed by atoms with Crippen molar-refractivity contribution in [1.82, 2.24) is 19.1 Å². The molecule has 5 nitrogen and oxygen atoms in total. The lowest BCUT2D eigenvalue weighted by molar-refractivity contribution is 0.537. The lowest BCUT2D eigenvalue weighted by atomic mass is 10.5. The van der Waals surface area contributed by atoms with Crippen molar-refractivity contribution in [3.8, 4) is 0 Å². The summed E-state index contributed by atoms with van der Waals surface area (Å²) in [5.41, 5.74) is -0.125. The van der Waals surface area contributed by atoms with Crippen LogP contribution in [0, 0.1) is 13.8 Å². The van der Waals surface area contributed by atoms with E-state index in [1.165, 1.54) is 6.07 Å². The van der Waals surface area contributed by atoms with Crippen LogP contribution in [0.5, 0.6) is 0 Å². The first kappa shape index (κ1) is 11.9. The smallest absolute Gasteiger partial charge is 0.255 e. The van der Waals surface area contributed by atoms with Gasteiger partial charge in [-0.1, -0.05) is 11.6 Å². The Hall–Kier alpha value is -1.62. The molecule has 2 heterocycles. The average molecular weight is 253 g/mol. The molecule has 0 radical (unpaired) electrons. The minimum Gasteiger partial charge on any atom is -0.333 e. The summed E-state index contributed by atoms with van der Waals surface area (Å²) in [5, 5.41) is 0.238. The van der Waals surface area contributed by atoms with Gasteiger partial charge in [0.05, 0.1) is 0 Å². The average Bonchev–Trinajstić information content (AvgIpc) is 2.62. The van der Waals surface area contributed by atoms with E-state index in [0.717, 1.165) is 5.82 Å². The summed E-state index contributed by atoms with van der Waals surface area (Å²) in [6.45, 7) is 4.95. The molecule has 2 aromatic heterocycles. The van der Waals surface area contributed by atoms with Crippen LogP contribution in [0.2, 0.25) is 5.15 Å². The third kappa shape index (κ3) is 2.55. The van der Waals surface area contributed by atoms with E-state index in [-0.39, 0.29) is 10.7 Å². The molecule has 0 spiro atoms. The topological polar surface area (TPSA) is 52.7 Å². The Morgan fingerprint density at radius 3 is 2.65 bits per heavy atom. The molecule has 0 amide bonds. The maximum absolute atomic E-state index is 11.7. The molecule has 0 N–H and O–H groups in total. The van der Waals surface area contributed by atoms with Crippen LogP contribution < -0.4 is 5.56 Å². The van der Waals surface area contributed by atoms with Crippen LogP contribution in [0.1, 0.15) is 11.6 Å². The Labute approximate surface area is 104 Å². The highest BCUT2D eigenvalue weighted by atomic mass is 35.5. The number of imidazole rings is 1. The molecule has 2 rings (SSSR count). The first-order valence-corrected chi connectivity index (χ1v) is 5.67. The van der Waals surface area contributed by atoms with E-state index in [4.69, 9.17) is 11.6 Å². The van der Waals surface area contributed by atoms with Gasteiger partial charge in [-0.25, -0.2) is 9.97 Å². The zero-order valence-electron chi connectivity index (χ0n) is 9.72. The van der Waals surface area contributed by atoms with Crippen molar-refractivity contribution in [2.75, 3.05) is 0 Å². The van der Waals surface area contributed by atoms with Crippen LogP contribution in [-0.4, -0.2) is 19.1 Å². The highest BCUT2D eigenvalue weighted by molar-refractivity contribution is 6.29. The number of hydrogen-bond donors (Lipinski definition) is 0. The molecule has 90 valence electrons. The van der Waals surface area contributed by atoms with Gasteiger partial charge < -0.3 is 4.57 Å². The lowest BCUT2D eigenvalue weighted by Gasteiger charge is -2.10. The first-order chi connectivity index (χ1) is 8.08. The molecule has 0 aromatic carbocycles. The van der Waals surface area contributed by atoms with Gasteiger partial charge in [-0.05, 0) is 13.8 Å². The Balaban J connectivity index is 2.20. The number of aromatic nitrogens is 4. The van der Waals surface area contributed by atoms with E-state index in [0.29, 0.717) is 18.9 Å². The standard InChI is InChI=1S/C11H13ClN4O/c1-8-13-3-4-15(8)5-6-16-9(2)14-10(12)7-11(16)17/h3-4,7H,5-6H2,1-2H3. The van der Waals surface area contributed by atoms with Gasteiger partial charge in [0.1, 0.15) is 16.8 Å². The van der Waals surface area contributed by atoms with Crippen LogP contribution >= 0.6 is 11.6 Å². The van der Waals surface area contributed by atoms with Crippen molar-refractivity contribution in [2.24, 2.45) is 0 Å². The molecule has 6 heteroatoms. The molecule has 0 saturated heterocycles. The van der Waals surface area contributed by atoms with E-state index in [1.54, 1.807) is 17.7 Å². The van der Waals surface area contributed by atoms with E-state index in [9.17, 15) is 4.79 Å². The van der Waals surface area contributed by atoms with Crippen molar-refractivity contribution in [1.29, 1.82) is 0 Å². The largest absolute Gasteiger partial charge is 0.333 e. The quantitative estimate of drug-likeness (QED) is 0.776. The Bertz CT molecular complexity index is 587. The fraction of sp³-hybridized carbons (Fsp3) is 0.364. The molecule has 0 saturated carbocycles. The number of nitrogens with zero attached hydrogens (tertiary/aromatic N) is 4. The first-order valence-electron chi connectivity index (χ1n) is 5.29. The Morgan fingerprint density at radius 1 is 1.29 bits per heavy atom. The summed E-state index contributed by atoms with van der Waals surface area (Å²) < 4.78 is 3.59. The molecule has 0 aliphatic heterocycles. The number of halogens is 1. The normalized spacial score (nSPS) is 10.8. The Kier molecular flexibility index (Phi) is 3.28. The molecule has 0 fully saturated rings. The van der Waals surface area contributed by atoms with E-state index < -0.39 is 0 Å². The zero-order chi connectivity index (χ0) is 12.4. The van der Waals surface area contributed by atoms with Crippen LogP contribution in [-0.2, 0) is 13.1 Å². The summed E-state index contributed by atoms with van der Waals surface area (Å²) in [7, 11) is 0. The van der Waals surface area contributed by atoms with Crippen molar-refractivity contribution >= 4 is 11.6 Å².